The summed E-state index contributed by atoms with van der Waals surface area (Å²) in [5, 5.41) is 3.44. The summed E-state index contributed by atoms with van der Waals surface area (Å²) in [6.45, 7) is 9.56. The summed E-state index contributed by atoms with van der Waals surface area (Å²) < 4.78 is 5.54. The summed E-state index contributed by atoms with van der Waals surface area (Å²) >= 11 is 0. The summed E-state index contributed by atoms with van der Waals surface area (Å²) in [4.78, 5) is 2.63. The zero-order valence-corrected chi connectivity index (χ0v) is 15.3. The van der Waals surface area contributed by atoms with Gasteiger partial charge in [0.15, 0.2) is 0 Å². The van der Waals surface area contributed by atoms with Crippen LogP contribution in [0.1, 0.15) is 44.7 Å². The summed E-state index contributed by atoms with van der Waals surface area (Å²) in [5.41, 5.74) is 1.43. The van der Waals surface area contributed by atoms with E-state index in [1.54, 1.807) is 0 Å². The number of hydrogen-bond donors (Lipinski definition) is 1. The van der Waals surface area contributed by atoms with Crippen LogP contribution in [0.4, 0.5) is 0 Å². The van der Waals surface area contributed by atoms with Crippen molar-refractivity contribution in [2.75, 3.05) is 32.8 Å². The second-order valence-electron chi connectivity index (χ2n) is 5.45. The third-order valence-corrected chi connectivity index (χ3v) is 4.00. The molecule has 1 aliphatic heterocycles. The minimum absolute atomic E-state index is 0. The van der Waals surface area contributed by atoms with Crippen LogP contribution in [0.15, 0.2) is 24.3 Å². The Hall–Kier alpha value is -0.480. The van der Waals surface area contributed by atoms with Gasteiger partial charge in [0.25, 0.3) is 0 Å². The van der Waals surface area contributed by atoms with Crippen molar-refractivity contribution in [2.24, 2.45) is 0 Å². The second kappa shape index (κ2) is 12.0. The average molecular weight is 349 g/mol. The summed E-state index contributed by atoms with van der Waals surface area (Å²) in [6.07, 6.45) is 3.81. The van der Waals surface area contributed by atoms with Gasteiger partial charge in [0.05, 0.1) is 6.61 Å². The maximum absolute atomic E-state index is 5.54. The third kappa shape index (κ3) is 6.33. The van der Waals surface area contributed by atoms with Gasteiger partial charge in [0.1, 0.15) is 5.75 Å². The highest BCUT2D eigenvalue weighted by Gasteiger charge is 2.21. The van der Waals surface area contributed by atoms with Crippen LogP contribution in [-0.4, -0.2) is 37.7 Å². The molecule has 0 amide bonds. The van der Waals surface area contributed by atoms with Crippen LogP contribution in [0.2, 0.25) is 0 Å². The van der Waals surface area contributed by atoms with E-state index in [4.69, 9.17) is 4.74 Å². The quantitative estimate of drug-likeness (QED) is 0.803. The lowest BCUT2D eigenvalue weighted by Gasteiger charge is -2.35. The van der Waals surface area contributed by atoms with E-state index >= 15 is 0 Å². The molecule has 1 fully saturated rings. The highest BCUT2D eigenvalue weighted by Crippen LogP contribution is 2.28. The number of benzene rings is 1. The molecule has 1 atom stereocenters. The molecule has 0 aromatic heterocycles. The van der Waals surface area contributed by atoms with Crippen LogP contribution >= 0.6 is 24.8 Å². The second-order valence-corrected chi connectivity index (χ2v) is 5.45. The molecule has 0 unspecified atom stereocenters. The topological polar surface area (TPSA) is 24.5 Å². The van der Waals surface area contributed by atoms with Gasteiger partial charge in [0, 0.05) is 32.2 Å². The van der Waals surface area contributed by atoms with E-state index in [1.165, 1.54) is 24.8 Å². The van der Waals surface area contributed by atoms with Crippen LogP contribution in [0.25, 0.3) is 0 Å². The first kappa shape index (κ1) is 21.5. The molecule has 0 radical (unpaired) electrons. The van der Waals surface area contributed by atoms with Gasteiger partial charge in [-0.15, -0.1) is 24.8 Å². The number of nitrogens with zero attached hydrogens (tertiary/aromatic N) is 1. The zero-order valence-electron chi connectivity index (χ0n) is 13.7. The van der Waals surface area contributed by atoms with E-state index in [-0.39, 0.29) is 24.8 Å². The molecule has 1 aromatic rings. The molecular formula is C17H30Cl2N2O. The molecule has 1 heterocycles. The number of rotatable bonds is 7. The van der Waals surface area contributed by atoms with E-state index in [9.17, 15) is 0 Å². The molecule has 0 aliphatic carbocycles. The van der Waals surface area contributed by atoms with Crippen LogP contribution in [0.5, 0.6) is 5.75 Å². The van der Waals surface area contributed by atoms with Crippen molar-refractivity contribution in [2.45, 2.75) is 39.2 Å². The van der Waals surface area contributed by atoms with Crippen LogP contribution in [-0.2, 0) is 0 Å². The molecule has 5 heteroatoms. The van der Waals surface area contributed by atoms with Crippen LogP contribution in [0.3, 0.4) is 0 Å². The fourth-order valence-corrected chi connectivity index (χ4v) is 2.90. The molecule has 0 bridgehead atoms. The molecule has 1 aromatic carbocycles. The fraction of sp³-hybridized carbons (Fsp3) is 0.647. The number of ether oxygens (including phenoxy) is 1. The van der Waals surface area contributed by atoms with Crippen molar-refractivity contribution < 1.29 is 4.74 Å². The highest BCUT2D eigenvalue weighted by atomic mass is 35.5. The Morgan fingerprint density at radius 2 is 1.73 bits per heavy atom. The lowest BCUT2D eigenvalue weighted by atomic mass is 9.98. The molecule has 3 nitrogen and oxygen atoms in total. The van der Waals surface area contributed by atoms with Crippen molar-refractivity contribution in [1.82, 2.24) is 10.2 Å². The zero-order chi connectivity index (χ0) is 14.2. The lowest BCUT2D eigenvalue weighted by molar-refractivity contribution is 0.163. The van der Waals surface area contributed by atoms with Gasteiger partial charge < -0.3 is 10.1 Å². The maximum Gasteiger partial charge on any atom is 0.119 e. The predicted octanol–water partition coefficient (Wildman–Crippen LogP) is 4.07. The van der Waals surface area contributed by atoms with E-state index in [0.717, 1.165) is 38.5 Å². The van der Waals surface area contributed by atoms with E-state index < -0.39 is 0 Å². The first-order chi connectivity index (χ1) is 9.85. The van der Waals surface area contributed by atoms with Gasteiger partial charge >= 0.3 is 0 Å². The molecule has 0 spiro atoms. The average Bonchev–Trinajstić information content (AvgIpc) is 2.51. The van der Waals surface area contributed by atoms with Gasteiger partial charge in [-0.1, -0.05) is 31.9 Å². The molecule has 128 valence electrons. The monoisotopic (exact) mass is 348 g/mol. The lowest BCUT2D eigenvalue weighted by Crippen LogP contribution is -2.45. The van der Waals surface area contributed by atoms with Gasteiger partial charge in [0.2, 0.25) is 0 Å². The minimum atomic E-state index is 0. The van der Waals surface area contributed by atoms with Crippen molar-refractivity contribution in [3.05, 3.63) is 29.8 Å². The summed E-state index contributed by atoms with van der Waals surface area (Å²) in [7, 11) is 0. The molecule has 1 saturated heterocycles. The molecule has 22 heavy (non-hydrogen) atoms. The SMILES string of the molecule is CCCC[C@@H](c1ccc(OCC)cc1)N1CCNCC1.Cl.Cl. The Labute approximate surface area is 147 Å². The van der Waals surface area contributed by atoms with Gasteiger partial charge in [-0.2, -0.15) is 0 Å². The minimum Gasteiger partial charge on any atom is -0.494 e. The van der Waals surface area contributed by atoms with E-state index in [1.807, 2.05) is 6.92 Å². The number of halogens is 2. The van der Waals surface area contributed by atoms with Gasteiger partial charge in [-0.05, 0) is 31.0 Å². The molecule has 2 rings (SSSR count). The van der Waals surface area contributed by atoms with E-state index in [2.05, 4.69) is 41.4 Å². The Morgan fingerprint density at radius 3 is 2.27 bits per heavy atom. The highest BCUT2D eigenvalue weighted by molar-refractivity contribution is 5.85. The van der Waals surface area contributed by atoms with Crippen molar-refractivity contribution >= 4 is 24.8 Å². The largest absolute Gasteiger partial charge is 0.494 e. The smallest absolute Gasteiger partial charge is 0.119 e. The number of unbranched alkanes of at least 4 members (excludes halogenated alkanes) is 1. The predicted molar refractivity (Wildman–Crippen MR) is 98.8 cm³/mol. The first-order valence-electron chi connectivity index (χ1n) is 8.02. The van der Waals surface area contributed by atoms with Crippen molar-refractivity contribution in [3.8, 4) is 5.75 Å². The Morgan fingerprint density at radius 1 is 1.09 bits per heavy atom. The molecule has 1 N–H and O–H groups in total. The standard InChI is InChI=1S/C17H28N2O.2ClH/c1-3-5-6-17(19-13-11-18-12-14-19)15-7-9-16(10-8-15)20-4-2;;/h7-10,17-18H,3-6,11-14H2,1-2H3;2*1H/t17-;;/m0../s1. The molecule has 0 saturated carbocycles. The summed E-state index contributed by atoms with van der Waals surface area (Å²) in [6, 6.07) is 9.27. The fourth-order valence-electron chi connectivity index (χ4n) is 2.90. The molecular weight excluding hydrogens is 319 g/mol. The van der Waals surface area contributed by atoms with Crippen molar-refractivity contribution in [3.63, 3.8) is 0 Å². The van der Waals surface area contributed by atoms with Crippen LogP contribution in [0, 0.1) is 0 Å². The van der Waals surface area contributed by atoms with Gasteiger partial charge in [-0.3, -0.25) is 4.90 Å². The van der Waals surface area contributed by atoms with Gasteiger partial charge in [-0.25, -0.2) is 0 Å². The molecule has 1 aliphatic rings. The Balaban J connectivity index is 0.00000220. The Bertz CT molecular complexity index is 381. The number of hydrogen-bond acceptors (Lipinski definition) is 3. The first-order valence-corrected chi connectivity index (χ1v) is 8.02. The maximum atomic E-state index is 5.54. The van der Waals surface area contributed by atoms with Crippen LogP contribution < -0.4 is 10.1 Å². The summed E-state index contributed by atoms with van der Waals surface area (Å²) in [5.74, 6) is 0.978. The van der Waals surface area contributed by atoms with Crippen molar-refractivity contribution in [1.29, 1.82) is 0 Å². The number of nitrogens with one attached hydrogen (secondary N) is 1. The number of piperazine rings is 1. The normalized spacial score (nSPS) is 16.3. The third-order valence-electron chi connectivity index (χ3n) is 4.00. The Kier molecular flexibility index (Phi) is 11.7. The van der Waals surface area contributed by atoms with E-state index in [0.29, 0.717) is 6.04 Å².